The van der Waals surface area contributed by atoms with Gasteiger partial charge in [-0.15, -0.1) is 0 Å². The highest BCUT2D eigenvalue weighted by atomic mass is 19.3. The largest absolute Gasteiger partial charge is 0.392 e. The van der Waals surface area contributed by atoms with Crippen LogP contribution in [0, 0.1) is 0 Å². The third-order valence-electron chi connectivity index (χ3n) is 1.68. The van der Waals surface area contributed by atoms with Crippen molar-refractivity contribution in [3.8, 4) is 0 Å². The summed E-state index contributed by atoms with van der Waals surface area (Å²) in [7, 11) is 0. The fourth-order valence-electron chi connectivity index (χ4n) is 0.920. The maximum atomic E-state index is 13.0. The fraction of sp³-hybridized carbons (Fsp3) is 0.375. The van der Waals surface area contributed by atoms with Crippen LogP contribution in [0.1, 0.15) is 12.6 Å². The molecule has 14 heavy (non-hydrogen) atoms. The van der Waals surface area contributed by atoms with Gasteiger partial charge in [0.15, 0.2) is 0 Å². The Morgan fingerprint density at radius 3 is 2.36 bits per heavy atom. The minimum Gasteiger partial charge on any atom is -0.283 e. The molecule has 0 aliphatic carbocycles. The van der Waals surface area contributed by atoms with Gasteiger partial charge in [-0.1, -0.05) is 0 Å². The summed E-state index contributed by atoms with van der Waals surface area (Å²) in [4.78, 5) is 10.1. The predicted octanol–water partition coefficient (Wildman–Crippen LogP) is 2.15. The first-order chi connectivity index (χ1) is 6.30. The van der Waals surface area contributed by atoms with E-state index >= 15 is 0 Å². The molecule has 6 heteroatoms. The van der Waals surface area contributed by atoms with Crippen LogP contribution in [0.2, 0.25) is 0 Å². The molecule has 1 rings (SSSR count). The summed E-state index contributed by atoms with van der Waals surface area (Å²) < 4.78 is 50.8. The van der Waals surface area contributed by atoms with Gasteiger partial charge in [-0.2, -0.15) is 17.6 Å². The molecule has 1 heterocycles. The topological polar surface area (TPSA) is 22.0 Å². The first-order valence-electron chi connectivity index (χ1n) is 3.62. The molecule has 2 nitrogen and oxygen atoms in total. The maximum absolute atomic E-state index is 13.0. The Bertz CT molecular complexity index is 339. The van der Waals surface area contributed by atoms with Gasteiger partial charge in [0, 0.05) is 13.1 Å². The van der Waals surface area contributed by atoms with E-state index in [9.17, 15) is 22.4 Å². The Hall–Kier alpha value is -1.33. The smallest absolute Gasteiger partial charge is 0.283 e. The van der Waals surface area contributed by atoms with Crippen molar-refractivity contribution in [1.82, 2.24) is 4.57 Å². The molecule has 0 saturated heterocycles. The summed E-state index contributed by atoms with van der Waals surface area (Å²) >= 11 is 0. The lowest BCUT2D eigenvalue weighted by atomic mass is 10.3. The summed E-state index contributed by atoms with van der Waals surface area (Å²) in [6, 6.07) is -2.38. The lowest BCUT2D eigenvalue weighted by molar-refractivity contribution is -0.250. The van der Waals surface area contributed by atoms with Crippen LogP contribution in [0.5, 0.6) is 0 Å². The zero-order chi connectivity index (χ0) is 11.0. The van der Waals surface area contributed by atoms with Gasteiger partial charge in [0.2, 0.25) is 0 Å². The highest BCUT2D eigenvalue weighted by Crippen LogP contribution is 2.38. The molecule has 0 bridgehead atoms. The van der Waals surface area contributed by atoms with Crippen molar-refractivity contribution in [2.45, 2.75) is 18.9 Å². The molecule has 0 aliphatic rings. The van der Waals surface area contributed by atoms with Crippen LogP contribution in [-0.4, -0.2) is 16.8 Å². The Kier molecular flexibility index (Phi) is 2.39. The summed E-state index contributed by atoms with van der Waals surface area (Å²) in [5, 5.41) is 0. The Balaban J connectivity index is 3.22. The Labute approximate surface area is 77.1 Å². The number of halogens is 4. The lowest BCUT2D eigenvalue weighted by Gasteiger charge is -2.25. The van der Waals surface area contributed by atoms with Gasteiger partial charge in [0.05, 0.1) is 5.69 Å². The van der Waals surface area contributed by atoms with Crippen LogP contribution < -0.4 is 0 Å². The average Bonchev–Trinajstić information content (AvgIpc) is 2.49. The zero-order valence-corrected chi connectivity index (χ0v) is 7.10. The van der Waals surface area contributed by atoms with E-state index in [2.05, 4.69) is 0 Å². The minimum atomic E-state index is -4.43. The second-order valence-electron chi connectivity index (χ2n) is 2.80. The summed E-state index contributed by atoms with van der Waals surface area (Å²) in [5.74, 6) is -4.24. The molecule has 0 N–H and O–H groups in total. The van der Waals surface area contributed by atoms with E-state index in [4.69, 9.17) is 0 Å². The summed E-state index contributed by atoms with van der Waals surface area (Å²) in [5.41, 5.74) is -0.614. The van der Waals surface area contributed by atoms with Crippen molar-refractivity contribution >= 4 is 6.29 Å². The van der Waals surface area contributed by atoms with Gasteiger partial charge in [-0.3, -0.25) is 9.36 Å². The van der Waals surface area contributed by atoms with Crippen molar-refractivity contribution in [1.29, 1.82) is 0 Å². The maximum Gasteiger partial charge on any atom is 0.392 e. The third kappa shape index (κ3) is 1.51. The lowest BCUT2D eigenvalue weighted by Crippen LogP contribution is -2.41. The average molecular weight is 208 g/mol. The Morgan fingerprint density at radius 2 is 1.93 bits per heavy atom. The number of hydrogen-bond acceptors (Lipinski definition) is 1. The standard InChI is InChI=1S/C8H6F4NO/c1-7(9,10)8(11,12)13-4-2-3-6(13)5-14/h2-4H,1H3. The molecule has 0 saturated carbocycles. The normalized spacial score (nSPS) is 12.9. The number of nitrogens with zero attached hydrogens (tertiary/aromatic N) is 1. The predicted molar refractivity (Wildman–Crippen MR) is 40.0 cm³/mol. The van der Waals surface area contributed by atoms with Gasteiger partial charge < -0.3 is 0 Å². The zero-order valence-electron chi connectivity index (χ0n) is 7.10. The molecule has 0 unspecified atom stereocenters. The molecule has 0 aromatic carbocycles. The van der Waals surface area contributed by atoms with Crippen LogP contribution in [0.15, 0.2) is 18.3 Å². The van der Waals surface area contributed by atoms with E-state index in [0.717, 1.165) is 18.4 Å². The monoisotopic (exact) mass is 208 g/mol. The number of alkyl halides is 4. The molecule has 0 spiro atoms. The van der Waals surface area contributed by atoms with Crippen LogP contribution in [0.4, 0.5) is 17.6 Å². The molecule has 0 fully saturated rings. The van der Waals surface area contributed by atoms with Crippen molar-refractivity contribution in [2.75, 3.05) is 0 Å². The van der Waals surface area contributed by atoms with Gasteiger partial charge in [-0.05, 0) is 12.1 Å². The molecule has 0 amide bonds. The molecule has 77 valence electrons. The van der Waals surface area contributed by atoms with E-state index < -0.39 is 17.7 Å². The van der Waals surface area contributed by atoms with Crippen LogP contribution in [0.25, 0.3) is 0 Å². The highest BCUT2D eigenvalue weighted by molar-refractivity contribution is 5.73. The van der Waals surface area contributed by atoms with E-state index in [1.54, 1.807) is 0 Å². The third-order valence-corrected chi connectivity index (χ3v) is 1.68. The van der Waals surface area contributed by atoms with Crippen LogP contribution in [-0.2, 0) is 10.8 Å². The summed E-state index contributed by atoms with van der Waals surface area (Å²) in [6.45, 7) is 0.0849. The van der Waals surface area contributed by atoms with E-state index in [1.165, 1.54) is 0 Å². The second-order valence-corrected chi connectivity index (χ2v) is 2.80. The molecule has 0 atom stereocenters. The first kappa shape index (κ1) is 10.7. The van der Waals surface area contributed by atoms with Crippen molar-refractivity contribution in [3.05, 3.63) is 24.0 Å². The summed E-state index contributed by atoms with van der Waals surface area (Å²) in [6.07, 6.45) is 1.86. The first-order valence-corrected chi connectivity index (χ1v) is 3.62. The molecule has 0 aliphatic heterocycles. The second kappa shape index (κ2) is 3.11. The number of aromatic nitrogens is 1. The van der Waals surface area contributed by atoms with E-state index in [1.807, 2.05) is 0 Å². The van der Waals surface area contributed by atoms with Crippen molar-refractivity contribution in [3.63, 3.8) is 0 Å². The van der Waals surface area contributed by atoms with Gasteiger partial charge in [0.1, 0.15) is 0 Å². The fourth-order valence-corrected chi connectivity index (χ4v) is 0.920. The SMILES string of the molecule is CC(F)(F)C(F)(F)n1cccc1[C]=O. The number of carbonyl (C=O) groups excluding carboxylic acids is 1. The highest BCUT2D eigenvalue weighted by Gasteiger charge is 2.54. The molecule has 1 aromatic heterocycles. The van der Waals surface area contributed by atoms with Crippen molar-refractivity contribution in [2.24, 2.45) is 0 Å². The van der Waals surface area contributed by atoms with Gasteiger partial charge >= 0.3 is 12.0 Å². The quantitative estimate of drug-likeness (QED) is 0.697. The van der Waals surface area contributed by atoms with Crippen LogP contribution >= 0.6 is 0 Å². The van der Waals surface area contributed by atoms with E-state index in [0.29, 0.717) is 6.20 Å². The number of hydrogen-bond donors (Lipinski definition) is 0. The molecule has 1 radical (unpaired) electrons. The van der Waals surface area contributed by atoms with Gasteiger partial charge in [0.25, 0.3) is 6.29 Å². The van der Waals surface area contributed by atoms with Crippen molar-refractivity contribution < 1.29 is 22.4 Å². The Morgan fingerprint density at radius 1 is 1.36 bits per heavy atom. The molecular formula is C8H6F4NO. The van der Waals surface area contributed by atoms with Gasteiger partial charge in [-0.25, -0.2) is 0 Å². The molecule has 1 aromatic rings. The van der Waals surface area contributed by atoms with Crippen LogP contribution in [0.3, 0.4) is 0 Å². The molecular weight excluding hydrogens is 202 g/mol. The number of rotatable bonds is 3. The minimum absolute atomic E-state index is 0.0849. The van der Waals surface area contributed by atoms with E-state index in [-0.39, 0.29) is 11.5 Å².